The van der Waals surface area contributed by atoms with Gasteiger partial charge < -0.3 is 4.42 Å². The Morgan fingerprint density at radius 3 is 1.23 bits per heavy atom. The molecule has 250 valence electrons. The molecule has 0 amide bonds. The maximum atomic E-state index is 6.87. The smallest absolute Gasteiger partial charge is 0.143 e. The highest BCUT2D eigenvalue weighted by Crippen LogP contribution is 2.46. The molecule has 1 nitrogen and oxygen atoms in total. The average molecular weight is 698 g/mol. The van der Waals surface area contributed by atoms with Crippen LogP contribution in [0.1, 0.15) is 0 Å². The van der Waals surface area contributed by atoms with Gasteiger partial charge in [0.2, 0.25) is 0 Å². The molecule has 8 aromatic carbocycles. The molecule has 0 N–H and O–H groups in total. The number of benzene rings is 8. The summed E-state index contributed by atoms with van der Waals surface area (Å²) in [6.45, 7) is 0. The third kappa shape index (κ3) is 4.71. The Bertz CT molecular complexity index is 3220. The van der Waals surface area contributed by atoms with E-state index < -0.39 is 0 Å². The van der Waals surface area contributed by atoms with Crippen molar-refractivity contribution in [1.82, 2.24) is 0 Å². The maximum Gasteiger partial charge on any atom is 0.143 e. The van der Waals surface area contributed by atoms with Gasteiger partial charge in [0, 0.05) is 16.2 Å². The minimum absolute atomic E-state index is 0.934. The second kappa shape index (κ2) is 12.8. The highest BCUT2D eigenvalue weighted by Gasteiger charge is 2.29. The summed E-state index contributed by atoms with van der Waals surface area (Å²) in [5.41, 5.74) is 28.0. The van der Waals surface area contributed by atoms with Gasteiger partial charge in [-0.2, -0.15) is 0 Å². The standard InChI is InChI=1S/C40H39B15O/c41-25-18-16(12-6-3-7-14-15(12)13-9-8-10-4-1-2-5-11(10)40(13)56-14)19-21(29(45)37(53)35(51)26(19)42)17(20(18)28(44)36(52)34(25)50)22-23-24(31(47)33(49)27(22)43)32(48)39(55)38(54)30(23)46/h1-9H,41-55H2. The summed E-state index contributed by atoms with van der Waals surface area (Å²) in [5, 5.41) is 13.1. The van der Waals surface area contributed by atoms with Gasteiger partial charge in [0.25, 0.3) is 0 Å². The zero-order valence-electron chi connectivity index (χ0n) is 36.1. The van der Waals surface area contributed by atoms with Crippen LogP contribution in [0.5, 0.6) is 0 Å². The molecule has 0 bridgehead atoms. The van der Waals surface area contributed by atoms with Gasteiger partial charge in [-0.25, -0.2) is 0 Å². The SMILES string of the molecule is Bc1c(B)c(B)c2c(-c3c4c(B)c(B)c(B)c(B)c4c(-c4cccc5oc6c7ccccc7ccc6c45)c4c(B)c(B)c(B)c(B)c34)c(B)c(B)c(B)c2c1B. The first kappa shape index (κ1) is 37.2. The molecule has 9 rings (SSSR count). The lowest BCUT2D eigenvalue weighted by molar-refractivity contribution is 0.673. The predicted molar refractivity (Wildman–Crippen MR) is 297 cm³/mol. The van der Waals surface area contributed by atoms with Crippen molar-refractivity contribution in [1.29, 1.82) is 0 Å². The van der Waals surface area contributed by atoms with E-state index in [1.54, 1.807) is 0 Å². The molecule has 0 atom stereocenters. The first-order valence-corrected chi connectivity index (χ1v) is 20.4. The van der Waals surface area contributed by atoms with Gasteiger partial charge in [-0.15, -0.1) is 38.2 Å². The molecule has 0 saturated heterocycles. The molecular formula is C40H39B15O. The van der Waals surface area contributed by atoms with Gasteiger partial charge in [-0.05, 0) is 72.1 Å². The molecular weight excluding hydrogens is 659 g/mol. The Labute approximate surface area is 344 Å². The number of hydrogen-bond donors (Lipinski definition) is 0. The topological polar surface area (TPSA) is 13.1 Å². The van der Waals surface area contributed by atoms with Crippen molar-refractivity contribution in [2.24, 2.45) is 0 Å². The van der Waals surface area contributed by atoms with E-state index in [2.05, 4.69) is 172 Å². The number of hydrogen-bond acceptors (Lipinski definition) is 1. The van der Waals surface area contributed by atoms with E-state index in [9.17, 15) is 0 Å². The van der Waals surface area contributed by atoms with E-state index >= 15 is 0 Å². The van der Waals surface area contributed by atoms with Crippen LogP contribution < -0.4 is 81.9 Å². The van der Waals surface area contributed by atoms with E-state index in [0.29, 0.717) is 0 Å². The molecule has 56 heavy (non-hydrogen) atoms. The van der Waals surface area contributed by atoms with Crippen molar-refractivity contribution in [3.8, 4) is 22.3 Å². The van der Waals surface area contributed by atoms with Crippen molar-refractivity contribution in [2.75, 3.05) is 0 Å². The summed E-state index contributed by atoms with van der Waals surface area (Å²) in [7, 11) is 35.3. The highest BCUT2D eigenvalue weighted by molar-refractivity contribution is 6.75. The zero-order valence-corrected chi connectivity index (χ0v) is 36.1. The maximum absolute atomic E-state index is 6.87. The highest BCUT2D eigenvalue weighted by atomic mass is 16.3. The van der Waals surface area contributed by atoms with E-state index in [1.807, 2.05) is 0 Å². The normalized spacial score (nSPS) is 11.9. The zero-order chi connectivity index (χ0) is 40.0. The predicted octanol–water partition coefficient (Wildman–Crippen LogP) is -14.6. The van der Waals surface area contributed by atoms with E-state index in [1.165, 1.54) is 153 Å². The Morgan fingerprint density at radius 1 is 0.286 bits per heavy atom. The molecule has 1 heterocycles. The van der Waals surface area contributed by atoms with Crippen LogP contribution in [0.15, 0.2) is 59.0 Å². The lowest BCUT2D eigenvalue weighted by atomic mass is 9.56. The fraction of sp³-hybridized carbons (Fsp3) is 0. The summed E-state index contributed by atoms with van der Waals surface area (Å²) in [6.07, 6.45) is 0. The minimum Gasteiger partial charge on any atom is -0.455 e. The molecule has 0 aliphatic rings. The molecule has 9 aromatic rings. The molecule has 0 radical (unpaired) electrons. The molecule has 0 fully saturated rings. The molecule has 0 spiro atoms. The van der Waals surface area contributed by atoms with E-state index in [-0.39, 0.29) is 0 Å². The summed E-state index contributed by atoms with van der Waals surface area (Å²) in [6, 6.07) is 19.9. The molecule has 0 aliphatic carbocycles. The van der Waals surface area contributed by atoms with Crippen LogP contribution in [-0.2, 0) is 0 Å². The second-order valence-electron chi connectivity index (χ2n) is 17.2. The Balaban J connectivity index is 1.65. The number of rotatable bonds is 2. The number of fused-ring (bicyclic) bond motifs is 8. The van der Waals surface area contributed by atoms with Gasteiger partial charge >= 0.3 is 0 Å². The second-order valence-corrected chi connectivity index (χ2v) is 17.2. The molecule has 0 saturated carbocycles. The summed E-state index contributed by atoms with van der Waals surface area (Å²) in [5.74, 6) is 0. The first-order chi connectivity index (χ1) is 26.6. The van der Waals surface area contributed by atoms with Gasteiger partial charge in [-0.3, -0.25) is 0 Å². The fourth-order valence-electron chi connectivity index (χ4n) is 10.7. The quantitative estimate of drug-likeness (QED) is 0.129. The third-order valence-electron chi connectivity index (χ3n) is 15.1. The monoisotopic (exact) mass is 700 g/mol. The van der Waals surface area contributed by atoms with Crippen molar-refractivity contribution in [2.45, 2.75) is 0 Å². The lowest BCUT2D eigenvalue weighted by Crippen LogP contribution is -2.53. The van der Waals surface area contributed by atoms with Crippen LogP contribution in [-0.4, -0.2) is 118 Å². The van der Waals surface area contributed by atoms with Crippen LogP contribution in [0, 0.1) is 0 Å². The van der Waals surface area contributed by atoms with Crippen LogP contribution in [0.25, 0.3) is 87.3 Å². The van der Waals surface area contributed by atoms with Crippen LogP contribution in [0.2, 0.25) is 0 Å². The Hall–Kier alpha value is -4.43. The summed E-state index contributed by atoms with van der Waals surface area (Å²) >= 11 is 0. The van der Waals surface area contributed by atoms with Crippen molar-refractivity contribution < 1.29 is 4.42 Å². The number of furan rings is 1. The van der Waals surface area contributed by atoms with Crippen LogP contribution in [0.4, 0.5) is 0 Å². The van der Waals surface area contributed by atoms with E-state index in [4.69, 9.17) is 4.42 Å². The molecule has 16 heteroatoms. The van der Waals surface area contributed by atoms with Crippen molar-refractivity contribution in [3.63, 3.8) is 0 Å². The summed E-state index contributed by atoms with van der Waals surface area (Å²) < 4.78 is 6.87. The van der Waals surface area contributed by atoms with Gasteiger partial charge in [0.15, 0.2) is 0 Å². The minimum atomic E-state index is 0.934. The van der Waals surface area contributed by atoms with Crippen molar-refractivity contribution >= 4 is 265 Å². The van der Waals surface area contributed by atoms with Crippen LogP contribution in [0.3, 0.4) is 0 Å². The van der Waals surface area contributed by atoms with Gasteiger partial charge in [-0.1, -0.05) is 86.2 Å². The van der Waals surface area contributed by atoms with Crippen LogP contribution >= 0.6 is 0 Å². The lowest BCUT2D eigenvalue weighted by Gasteiger charge is -2.31. The largest absolute Gasteiger partial charge is 0.455 e. The third-order valence-corrected chi connectivity index (χ3v) is 15.1. The Kier molecular flexibility index (Phi) is 8.49. The van der Waals surface area contributed by atoms with Gasteiger partial charge in [0.1, 0.15) is 129 Å². The Morgan fingerprint density at radius 2 is 0.714 bits per heavy atom. The molecule has 0 aliphatic heterocycles. The first-order valence-electron chi connectivity index (χ1n) is 20.4. The van der Waals surface area contributed by atoms with Gasteiger partial charge in [0.05, 0.1) is 0 Å². The average Bonchev–Trinajstić information content (AvgIpc) is 3.59. The molecule has 0 unspecified atom stereocenters. The fourth-order valence-corrected chi connectivity index (χ4v) is 10.7. The molecule has 1 aromatic heterocycles. The summed E-state index contributed by atoms with van der Waals surface area (Å²) in [4.78, 5) is 0. The van der Waals surface area contributed by atoms with E-state index in [0.717, 1.165) is 16.6 Å². The van der Waals surface area contributed by atoms with Crippen molar-refractivity contribution in [3.05, 3.63) is 54.6 Å².